The van der Waals surface area contributed by atoms with Crippen molar-refractivity contribution in [3.05, 3.63) is 169 Å². The Morgan fingerprint density at radius 2 is 0.889 bits per heavy atom. The Morgan fingerprint density at radius 1 is 0.489 bits per heavy atom. The molecule has 90 heavy (non-hydrogen) atoms. The third-order valence-corrected chi connectivity index (χ3v) is 14.9. The molecule has 38 heteroatoms. The summed E-state index contributed by atoms with van der Waals surface area (Å²) in [6, 6.07) is 31.7. The van der Waals surface area contributed by atoms with Crippen molar-refractivity contribution < 1.29 is 189 Å². The van der Waals surface area contributed by atoms with Gasteiger partial charge in [0.1, 0.15) is 38.4 Å². The van der Waals surface area contributed by atoms with Gasteiger partial charge in [-0.3, -0.25) is 18.7 Å². The van der Waals surface area contributed by atoms with Gasteiger partial charge in [0.2, 0.25) is 20.0 Å². The summed E-state index contributed by atoms with van der Waals surface area (Å²) in [5.74, 6) is -5.50. The number of benzene rings is 8. The first-order chi connectivity index (χ1) is 40.3. The molecule has 8 aromatic rings. The Labute approximate surface area is 588 Å². The van der Waals surface area contributed by atoms with Crippen LogP contribution in [0.25, 0.3) is 21.5 Å². The van der Waals surface area contributed by atoms with Crippen molar-refractivity contribution in [3.63, 3.8) is 0 Å². The van der Waals surface area contributed by atoms with Crippen LogP contribution in [0.1, 0.15) is 13.8 Å². The third kappa shape index (κ3) is 20.0. The molecule has 0 unspecified atom stereocenters. The Balaban J connectivity index is 0.000000450. The summed E-state index contributed by atoms with van der Waals surface area (Å²) >= 11 is 0. The van der Waals surface area contributed by atoms with Crippen LogP contribution in [0.15, 0.2) is 229 Å². The number of rotatable bonds is 16. The second-order valence-electron chi connectivity index (χ2n) is 17.6. The zero-order valence-corrected chi connectivity index (χ0v) is 57.8. The molecule has 0 radical (unpaired) electrons. The standard InChI is InChI=1S/2C26H22N6O9S2.Cr.3Na/c2*1-14(33)23(26(36)28-16-5-3-2-4-6-16)31-29-17-7-9-19-15(11-17)12-22(43(39,40)41)24(25(19)35)32-30-20-13-18(42(27,37)38)8-10-21(20)34;;;;/h2*2-13,33-35H,1H3,(H,28,36)(H2,27,37,38)(H,39,40,41);;;;/q;;;3*+1/p-2/b2*23-14-,31-29?,32-30?;;;;. The zero-order valence-electron chi connectivity index (χ0n) is 47.2. The first-order valence-corrected chi connectivity index (χ1v) is 29.7. The maximum absolute atomic E-state index is 13.2. The third-order valence-electron chi connectivity index (χ3n) is 11.4. The average Bonchev–Trinajstić information content (AvgIpc) is 0.823. The minimum absolute atomic E-state index is 0. The molecule has 2 amide bonds. The number of sulfonamides is 2. The number of allylic oxidation sites excluding steroid dienone is 2. The number of fused-ring (bicyclic) bond motifs is 2. The van der Waals surface area contributed by atoms with Gasteiger partial charge in [0.05, 0.1) is 32.5 Å². The SMILES string of the molecule is C/C(O)=C(/N=Nc1ccc2c(O)c(N=Nc3cc(S(N)(=O)=O)ccc3O)c(S(=O)(=O)O)cc2c1)C(=O)Nc1ccccc1.C/C(O)=C(/N=Nc1ccc2c([O-])c(N=Nc3cc(S(N)(=O)=O)ccc3[O-])c(S(=O)(=O)O)cc2c1)C(=O)Nc1ccccc1.[Cr].[Na+].[Na+].[Na+]. The zero-order chi connectivity index (χ0) is 63.1. The molecule has 8 aromatic carbocycles. The summed E-state index contributed by atoms with van der Waals surface area (Å²) in [7, 11) is -18.5. The quantitative estimate of drug-likeness (QED) is 0.0198. The minimum atomic E-state index is -5.08. The van der Waals surface area contributed by atoms with Crippen LogP contribution in [0.3, 0.4) is 0 Å². The van der Waals surface area contributed by atoms with E-state index in [0.717, 1.165) is 48.5 Å². The van der Waals surface area contributed by atoms with Crippen molar-refractivity contribution in [2.45, 2.75) is 33.4 Å². The fourth-order valence-corrected chi connectivity index (χ4v) is 9.68. The van der Waals surface area contributed by atoms with Crippen molar-refractivity contribution in [1.82, 2.24) is 0 Å². The molecule has 450 valence electrons. The maximum Gasteiger partial charge on any atom is 1.00 e. The Kier molecular flexibility index (Phi) is 27.8. The molecule has 12 N–H and O–H groups in total. The van der Waals surface area contributed by atoms with Crippen LogP contribution in [0.4, 0.5) is 45.5 Å². The first-order valence-electron chi connectivity index (χ1n) is 23.7. The van der Waals surface area contributed by atoms with E-state index in [9.17, 15) is 83.0 Å². The van der Waals surface area contributed by atoms with Gasteiger partial charge in [-0.05, 0) is 127 Å². The van der Waals surface area contributed by atoms with E-state index in [0.29, 0.717) is 11.4 Å². The number of nitrogens with zero attached hydrogens (tertiary/aromatic N) is 8. The molecule has 0 fully saturated rings. The largest absolute Gasteiger partial charge is 1.00 e. The number of nitrogens with one attached hydrogen (secondary N) is 2. The number of aliphatic hydroxyl groups excluding tert-OH is 2. The normalized spacial score (nSPS) is 12.4. The number of phenols is 2. The van der Waals surface area contributed by atoms with Gasteiger partial charge in [0, 0.05) is 34.1 Å². The molecule has 0 saturated heterocycles. The van der Waals surface area contributed by atoms with E-state index in [4.69, 9.17) is 10.3 Å². The summed E-state index contributed by atoms with van der Waals surface area (Å²) in [6.45, 7) is 2.45. The Hall–Kier alpha value is -6.93. The number of primary sulfonamides is 2. The van der Waals surface area contributed by atoms with Crippen molar-refractivity contribution in [1.29, 1.82) is 0 Å². The second kappa shape index (κ2) is 32.4. The number of aromatic hydroxyl groups is 2. The summed E-state index contributed by atoms with van der Waals surface area (Å²) < 4.78 is 115. The van der Waals surface area contributed by atoms with E-state index >= 15 is 0 Å². The van der Waals surface area contributed by atoms with Crippen molar-refractivity contribution >= 4 is 119 Å². The van der Waals surface area contributed by atoms with Gasteiger partial charge in [-0.15, -0.1) is 25.6 Å². The van der Waals surface area contributed by atoms with Crippen LogP contribution in [0.2, 0.25) is 0 Å². The molecule has 0 aliphatic rings. The number of hydrogen-bond donors (Lipinski definition) is 10. The molecular formula is C52H42CrN12Na3O18S4+. The van der Waals surface area contributed by atoms with Gasteiger partial charge < -0.3 is 41.3 Å². The Bertz CT molecular complexity index is 4440. The minimum Gasteiger partial charge on any atom is -0.871 e. The van der Waals surface area contributed by atoms with E-state index in [-0.39, 0.29) is 139 Å². The molecule has 0 bridgehead atoms. The molecule has 0 spiro atoms. The van der Waals surface area contributed by atoms with E-state index in [2.05, 4.69) is 51.5 Å². The summed E-state index contributed by atoms with van der Waals surface area (Å²) in [4.78, 5) is 22.4. The van der Waals surface area contributed by atoms with Crippen LogP contribution in [0, 0.1) is 0 Å². The Morgan fingerprint density at radius 3 is 1.33 bits per heavy atom. The topological polar surface area (TPSA) is 513 Å². The van der Waals surface area contributed by atoms with Gasteiger partial charge >= 0.3 is 88.7 Å². The predicted molar refractivity (Wildman–Crippen MR) is 304 cm³/mol. The number of phenolic OH excluding ortho intramolecular Hbond substituents is 2. The van der Waals surface area contributed by atoms with Crippen LogP contribution in [0.5, 0.6) is 23.0 Å². The molecule has 8 rings (SSSR count). The number of para-hydroxylation sites is 2. The van der Waals surface area contributed by atoms with Gasteiger partial charge in [0.25, 0.3) is 32.1 Å². The van der Waals surface area contributed by atoms with Crippen molar-refractivity contribution in [3.8, 4) is 23.0 Å². The monoisotopic (exact) mass is 1370 g/mol. The number of aliphatic hydroxyl groups is 2. The van der Waals surface area contributed by atoms with Crippen LogP contribution < -0.4 is 120 Å². The molecule has 0 aliphatic carbocycles. The maximum atomic E-state index is 13.2. The van der Waals surface area contributed by atoms with Crippen LogP contribution >= 0.6 is 0 Å². The van der Waals surface area contributed by atoms with E-state index in [1.807, 2.05) is 0 Å². The molecule has 0 aliphatic heterocycles. The van der Waals surface area contributed by atoms with Crippen molar-refractivity contribution in [2.75, 3.05) is 10.6 Å². The number of carbonyl (C=O) groups is 2. The summed E-state index contributed by atoms with van der Waals surface area (Å²) in [6.07, 6.45) is 0. The molecule has 0 atom stereocenters. The van der Waals surface area contributed by atoms with E-state index in [1.54, 1.807) is 60.7 Å². The van der Waals surface area contributed by atoms with Gasteiger partial charge in [-0.1, -0.05) is 60.0 Å². The second-order valence-corrected chi connectivity index (χ2v) is 23.5. The predicted octanol–water partition coefficient (Wildman–Crippen LogP) is -0.110. The van der Waals surface area contributed by atoms with Gasteiger partial charge in [-0.2, -0.15) is 32.2 Å². The van der Waals surface area contributed by atoms with Crippen molar-refractivity contribution in [2.24, 2.45) is 51.2 Å². The first kappa shape index (κ1) is 77.3. The van der Waals surface area contributed by atoms with Gasteiger partial charge in [0.15, 0.2) is 17.1 Å². The van der Waals surface area contributed by atoms with E-state index in [1.165, 1.54) is 50.2 Å². The number of hydrogen-bond acceptors (Lipinski definition) is 24. The molecule has 30 nitrogen and oxygen atoms in total. The fourth-order valence-electron chi connectivity index (χ4n) is 7.30. The number of carbonyl (C=O) groups excluding carboxylic acids is 2. The molecular weight excluding hydrogens is 1330 g/mol. The molecule has 0 saturated carbocycles. The summed E-state index contributed by atoms with van der Waals surface area (Å²) in [5, 5.41) is 111. The van der Waals surface area contributed by atoms with Gasteiger partial charge in [-0.25, -0.2) is 27.1 Å². The van der Waals surface area contributed by atoms with Crippen LogP contribution in [-0.2, 0) is 67.2 Å². The number of nitrogens with two attached hydrogens (primary N) is 2. The fraction of sp³-hybridized carbons (Fsp3) is 0.0385. The van der Waals surface area contributed by atoms with Crippen LogP contribution in [-0.4, -0.2) is 75.0 Å². The smallest absolute Gasteiger partial charge is 0.871 e. The molecule has 0 heterocycles. The summed E-state index contributed by atoms with van der Waals surface area (Å²) in [5.41, 5.74) is -2.42. The molecule has 0 aromatic heterocycles. The number of amides is 2. The average molecular weight is 1370 g/mol. The number of azo groups is 4. The van der Waals surface area contributed by atoms with E-state index < -0.39 is 140 Å². The number of anilines is 2.